The van der Waals surface area contributed by atoms with Crippen molar-refractivity contribution in [3.63, 3.8) is 0 Å². The fourth-order valence-electron chi connectivity index (χ4n) is 2.87. The molecular weight excluding hydrogens is 447 g/mol. The number of amides is 2. The molecule has 0 aliphatic carbocycles. The second-order valence-electron chi connectivity index (χ2n) is 9.53. The summed E-state index contributed by atoms with van der Waals surface area (Å²) in [6, 6.07) is 1.28. The number of pyridine rings is 1. The number of methoxy groups -OCH3 is 1. The maximum Gasteiger partial charge on any atom is 0.437 e. The number of halogens is 3. The van der Waals surface area contributed by atoms with Gasteiger partial charge < -0.3 is 23.8 Å². The molecule has 0 spiro atoms. The second-order valence-corrected chi connectivity index (χ2v) is 9.53. The Balaban J connectivity index is 2.36. The number of nitrogens with zero attached hydrogens (tertiary/aromatic N) is 2. The number of hydrogen-bond acceptors (Lipinski definition) is 7. The van der Waals surface area contributed by atoms with Gasteiger partial charge in [-0.15, -0.1) is 0 Å². The summed E-state index contributed by atoms with van der Waals surface area (Å²) in [7, 11) is 1.25. The lowest BCUT2D eigenvalue weighted by Gasteiger charge is -2.39. The first-order valence-corrected chi connectivity index (χ1v) is 10.2. The monoisotopic (exact) mass is 477 g/mol. The van der Waals surface area contributed by atoms with E-state index in [1.54, 1.807) is 41.5 Å². The molecule has 1 aliphatic heterocycles. The number of carbonyl (C=O) groups is 2. The van der Waals surface area contributed by atoms with E-state index in [1.165, 1.54) is 18.1 Å². The molecule has 9 nitrogen and oxygen atoms in total. The molecule has 0 radical (unpaired) electrons. The maximum atomic E-state index is 13.8. The summed E-state index contributed by atoms with van der Waals surface area (Å²) in [6.07, 6.45) is -6.40. The predicted molar refractivity (Wildman–Crippen MR) is 112 cm³/mol. The van der Waals surface area contributed by atoms with Crippen LogP contribution in [0, 0.1) is 0 Å². The van der Waals surface area contributed by atoms with Crippen molar-refractivity contribution in [2.24, 2.45) is 0 Å². The van der Waals surface area contributed by atoms with Gasteiger partial charge in [0.05, 0.1) is 11.4 Å². The maximum absolute atomic E-state index is 13.8. The van der Waals surface area contributed by atoms with E-state index in [0.717, 1.165) is 0 Å². The average Bonchev–Trinajstić information content (AvgIpc) is 2.54. The Bertz CT molecular complexity index is 872. The molecule has 0 atom stereocenters. The molecule has 12 heteroatoms. The number of rotatable bonds is 5. The number of ether oxygens (including phenoxy) is 4. The summed E-state index contributed by atoms with van der Waals surface area (Å²) in [5.74, 6) is -1.18. The number of nitrogens with one attached hydrogen (secondary N) is 1. The van der Waals surface area contributed by atoms with Crippen LogP contribution in [0.3, 0.4) is 0 Å². The lowest BCUT2D eigenvalue weighted by atomic mass is 9.95. The van der Waals surface area contributed by atoms with Gasteiger partial charge in [0.2, 0.25) is 0 Å². The first-order valence-electron chi connectivity index (χ1n) is 10.2. The van der Waals surface area contributed by atoms with E-state index in [-0.39, 0.29) is 24.5 Å². The van der Waals surface area contributed by atoms with Crippen molar-refractivity contribution in [3.8, 4) is 5.75 Å². The SMILES string of the molecule is COCOc1c(NC(=O)OC(C)(C)C)cc(C2CN(C(=O)OC(C)(C)C)C2)nc1C(F)(F)F. The third kappa shape index (κ3) is 7.65. The summed E-state index contributed by atoms with van der Waals surface area (Å²) in [5.41, 5.74) is -3.12. The van der Waals surface area contributed by atoms with Crippen LogP contribution in [0.25, 0.3) is 0 Å². The minimum absolute atomic E-state index is 0.0398. The highest BCUT2D eigenvalue weighted by atomic mass is 19.4. The third-order valence-corrected chi connectivity index (χ3v) is 4.17. The van der Waals surface area contributed by atoms with E-state index in [2.05, 4.69) is 10.3 Å². The van der Waals surface area contributed by atoms with Crippen LogP contribution in [-0.2, 0) is 20.4 Å². The number of hydrogen-bond donors (Lipinski definition) is 1. The summed E-state index contributed by atoms with van der Waals surface area (Å²) in [4.78, 5) is 29.5. The van der Waals surface area contributed by atoms with E-state index >= 15 is 0 Å². The van der Waals surface area contributed by atoms with Crippen molar-refractivity contribution in [2.45, 2.75) is 64.8 Å². The zero-order chi connectivity index (χ0) is 25.2. The number of likely N-dealkylation sites (tertiary alicyclic amines) is 1. The van der Waals surface area contributed by atoms with Gasteiger partial charge >= 0.3 is 18.4 Å². The molecule has 2 heterocycles. The van der Waals surface area contributed by atoms with Crippen LogP contribution in [0.2, 0.25) is 0 Å². The minimum Gasteiger partial charge on any atom is -0.463 e. The smallest absolute Gasteiger partial charge is 0.437 e. The molecule has 186 valence electrons. The molecule has 33 heavy (non-hydrogen) atoms. The van der Waals surface area contributed by atoms with E-state index in [4.69, 9.17) is 18.9 Å². The molecule has 2 rings (SSSR count). The molecule has 1 aliphatic rings. The Morgan fingerprint density at radius 2 is 1.67 bits per heavy atom. The van der Waals surface area contributed by atoms with Crippen molar-refractivity contribution in [1.29, 1.82) is 0 Å². The highest BCUT2D eigenvalue weighted by Gasteiger charge is 2.42. The highest BCUT2D eigenvalue weighted by molar-refractivity contribution is 5.87. The topological polar surface area (TPSA) is 99.2 Å². The van der Waals surface area contributed by atoms with Crippen LogP contribution in [-0.4, -0.2) is 60.3 Å². The van der Waals surface area contributed by atoms with Crippen molar-refractivity contribution in [2.75, 3.05) is 32.3 Å². The lowest BCUT2D eigenvalue weighted by molar-refractivity contribution is -0.143. The van der Waals surface area contributed by atoms with E-state index in [9.17, 15) is 22.8 Å². The first kappa shape index (κ1) is 26.5. The Morgan fingerprint density at radius 3 is 2.15 bits per heavy atom. The summed E-state index contributed by atoms with van der Waals surface area (Å²) >= 11 is 0. The van der Waals surface area contributed by atoms with Crippen molar-refractivity contribution in [1.82, 2.24) is 9.88 Å². The summed E-state index contributed by atoms with van der Waals surface area (Å²) in [6.45, 7) is 9.73. The van der Waals surface area contributed by atoms with Crippen molar-refractivity contribution in [3.05, 3.63) is 17.5 Å². The van der Waals surface area contributed by atoms with Gasteiger partial charge in [-0.1, -0.05) is 0 Å². The normalized spacial score (nSPS) is 15.0. The molecular formula is C21H30F3N3O6. The Morgan fingerprint density at radius 1 is 1.09 bits per heavy atom. The first-order chi connectivity index (χ1) is 15.0. The van der Waals surface area contributed by atoms with Gasteiger partial charge in [-0.2, -0.15) is 13.2 Å². The fraction of sp³-hybridized carbons (Fsp3) is 0.667. The van der Waals surface area contributed by atoms with E-state index in [1.807, 2.05) is 0 Å². The Hall–Kier alpha value is -2.76. The van der Waals surface area contributed by atoms with Crippen LogP contribution < -0.4 is 10.1 Å². The molecule has 2 amide bonds. The number of carbonyl (C=O) groups excluding carboxylic acids is 2. The van der Waals surface area contributed by atoms with Gasteiger partial charge in [0.15, 0.2) is 18.2 Å². The Kier molecular flexibility index (Phi) is 7.72. The van der Waals surface area contributed by atoms with Gasteiger partial charge in [-0.25, -0.2) is 14.6 Å². The zero-order valence-corrected chi connectivity index (χ0v) is 19.8. The van der Waals surface area contributed by atoms with Crippen molar-refractivity contribution >= 4 is 17.9 Å². The predicted octanol–water partition coefficient (Wildman–Crippen LogP) is 4.76. The molecule has 1 N–H and O–H groups in total. The lowest BCUT2D eigenvalue weighted by Crippen LogP contribution is -2.50. The minimum atomic E-state index is -4.88. The van der Waals surface area contributed by atoms with E-state index < -0.39 is 53.7 Å². The number of aromatic nitrogens is 1. The standard InChI is InChI=1S/C21H30F3N3O6/c1-19(2,3)32-17(28)26-14-8-13(12-9-27(10-12)18(29)33-20(4,5)6)25-16(21(22,23)24)15(14)31-11-30-7/h8,12H,9-11H2,1-7H3,(H,25,26,28). The highest BCUT2D eigenvalue weighted by Crippen LogP contribution is 2.42. The van der Waals surface area contributed by atoms with Crippen LogP contribution in [0.15, 0.2) is 6.07 Å². The summed E-state index contributed by atoms with van der Waals surface area (Å²) in [5, 5.41) is 2.31. The van der Waals surface area contributed by atoms with Gasteiger partial charge in [0, 0.05) is 26.1 Å². The van der Waals surface area contributed by atoms with Crippen LogP contribution in [0.4, 0.5) is 28.4 Å². The third-order valence-electron chi connectivity index (χ3n) is 4.17. The van der Waals surface area contributed by atoms with Gasteiger partial charge in [-0.05, 0) is 47.6 Å². The molecule has 1 aromatic rings. The molecule has 1 saturated heterocycles. The largest absolute Gasteiger partial charge is 0.463 e. The molecule has 0 unspecified atom stereocenters. The molecule has 1 aromatic heterocycles. The summed E-state index contributed by atoms with van der Waals surface area (Å²) < 4.78 is 61.7. The molecule has 0 bridgehead atoms. The van der Waals surface area contributed by atoms with Gasteiger partial charge in [0.25, 0.3) is 0 Å². The molecule has 0 aromatic carbocycles. The van der Waals surface area contributed by atoms with Crippen LogP contribution in [0.5, 0.6) is 5.75 Å². The number of alkyl halides is 3. The fourth-order valence-corrected chi connectivity index (χ4v) is 2.87. The van der Waals surface area contributed by atoms with Crippen molar-refractivity contribution < 1.29 is 41.7 Å². The van der Waals surface area contributed by atoms with E-state index in [0.29, 0.717) is 0 Å². The van der Waals surface area contributed by atoms with Gasteiger partial charge in [-0.3, -0.25) is 5.32 Å². The number of anilines is 1. The molecule has 1 fully saturated rings. The second kappa shape index (κ2) is 9.62. The van der Waals surface area contributed by atoms with Crippen LogP contribution in [0.1, 0.15) is 58.8 Å². The van der Waals surface area contributed by atoms with Crippen LogP contribution >= 0.6 is 0 Å². The zero-order valence-electron chi connectivity index (χ0n) is 19.8. The average molecular weight is 477 g/mol. The molecule has 0 saturated carbocycles. The van der Waals surface area contributed by atoms with Gasteiger partial charge in [0.1, 0.15) is 11.2 Å². The Labute approximate surface area is 190 Å². The quantitative estimate of drug-likeness (QED) is 0.610.